The SMILES string of the molecule is O=C(CN1C(=O)Cc2cc(Cl)ccc21)N1CCC2(CC1)OCCO2. The first-order chi connectivity index (χ1) is 11.6. The maximum absolute atomic E-state index is 12.6. The van der Waals surface area contributed by atoms with E-state index in [1.807, 2.05) is 0 Å². The topological polar surface area (TPSA) is 59.1 Å². The lowest BCUT2D eigenvalue weighted by Gasteiger charge is -2.38. The second-order valence-corrected chi connectivity index (χ2v) is 6.85. The Bertz CT molecular complexity index is 677. The van der Waals surface area contributed by atoms with Crippen LogP contribution < -0.4 is 4.90 Å². The van der Waals surface area contributed by atoms with E-state index < -0.39 is 5.79 Å². The minimum absolute atomic E-state index is 0.0426. The molecule has 0 N–H and O–H groups in total. The Kier molecular flexibility index (Phi) is 3.98. The van der Waals surface area contributed by atoms with Gasteiger partial charge in [0.2, 0.25) is 11.8 Å². The molecular weight excluding hydrogens is 332 g/mol. The summed E-state index contributed by atoms with van der Waals surface area (Å²) < 4.78 is 11.4. The molecule has 1 spiro atoms. The van der Waals surface area contributed by atoms with Crippen LogP contribution in [0, 0.1) is 0 Å². The zero-order valence-corrected chi connectivity index (χ0v) is 14.1. The molecule has 1 aromatic rings. The fourth-order valence-electron chi connectivity index (χ4n) is 3.64. The van der Waals surface area contributed by atoms with Crippen molar-refractivity contribution in [1.82, 2.24) is 4.90 Å². The van der Waals surface area contributed by atoms with Crippen molar-refractivity contribution in [3.05, 3.63) is 28.8 Å². The number of benzene rings is 1. The zero-order chi connectivity index (χ0) is 16.7. The highest BCUT2D eigenvalue weighted by Gasteiger charge is 2.41. The average Bonchev–Trinajstić information content (AvgIpc) is 3.13. The Hall–Kier alpha value is -1.63. The number of carbonyl (C=O) groups excluding carboxylic acids is 2. The molecule has 0 aromatic heterocycles. The van der Waals surface area contributed by atoms with Gasteiger partial charge in [0.05, 0.1) is 19.6 Å². The van der Waals surface area contributed by atoms with Crippen LogP contribution in [0.3, 0.4) is 0 Å². The van der Waals surface area contributed by atoms with Gasteiger partial charge in [-0.25, -0.2) is 0 Å². The monoisotopic (exact) mass is 350 g/mol. The van der Waals surface area contributed by atoms with E-state index in [1.165, 1.54) is 0 Å². The first-order valence-corrected chi connectivity index (χ1v) is 8.59. The number of hydrogen-bond acceptors (Lipinski definition) is 4. The van der Waals surface area contributed by atoms with Gasteiger partial charge in [0.15, 0.2) is 5.79 Å². The molecule has 0 saturated carbocycles. The summed E-state index contributed by atoms with van der Waals surface area (Å²) in [5, 5.41) is 0.604. The summed E-state index contributed by atoms with van der Waals surface area (Å²) in [4.78, 5) is 28.2. The quantitative estimate of drug-likeness (QED) is 0.813. The highest BCUT2D eigenvalue weighted by Crippen LogP contribution is 2.33. The third-order valence-corrected chi connectivity index (χ3v) is 5.20. The summed E-state index contributed by atoms with van der Waals surface area (Å²) in [6, 6.07) is 5.34. The molecule has 4 rings (SSSR count). The van der Waals surface area contributed by atoms with Crippen molar-refractivity contribution in [3.63, 3.8) is 0 Å². The standard InChI is InChI=1S/C17H19ClN2O4/c18-13-1-2-14-12(9-13)10-15(21)20(14)11-16(22)19-5-3-17(4-6-19)23-7-8-24-17/h1-2,9H,3-8,10-11H2. The fraction of sp³-hybridized carbons (Fsp3) is 0.529. The largest absolute Gasteiger partial charge is 0.347 e. The molecule has 0 radical (unpaired) electrons. The van der Waals surface area contributed by atoms with Crippen LogP contribution in [0.1, 0.15) is 18.4 Å². The Morgan fingerprint density at radius 2 is 1.92 bits per heavy atom. The first kappa shape index (κ1) is 15.9. The van der Waals surface area contributed by atoms with E-state index in [-0.39, 0.29) is 18.4 Å². The average molecular weight is 351 g/mol. The smallest absolute Gasteiger partial charge is 0.242 e. The number of ether oxygens (including phenoxy) is 2. The van der Waals surface area contributed by atoms with E-state index in [0.717, 1.165) is 11.3 Å². The molecule has 6 nitrogen and oxygen atoms in total. The second-order valence-electron chi connectivity index (χ2n) is 6.42. The second kappa shape index (κ2) is 6.02. The predicted octanol–water partition coefficient (Wildman–Crippen LogP) is 1.59. The summed E-state index contributed by atoms with van der Waals surface area (Å²) in [7, 11) is 0. The van der Waals surface area contributed by atoms with Gasteiger partial charge in [-0.1, -0.05) is 11.6 Å². The lowest BCUT2D eigenvalue weighted by Crippen LogP contribution is -2.50. The Labute approximate surface area is 145 Å². The zero-order valence-electron chi connectivity index (χ0n) is 13.3. The van der Waals surface area contributed by atoms with Gasteiger partial charge >= 0.3 is 0 Å². The van der Waals surface area contributed by atoms with Gasteiger partial charge in [-0.2, -0.15) is 0 Å². The number of hydrogen-bond donors (Lipinski definition) is 0. The van der Waals surface area contributed by atoms with Gasteiger partial charge in [-0.05, 0) is 23.8 Å². The van der Waals surface area contributed by atoms with Crippen molar-refractivity contribution in [2.75, 3.05) is 37.7 Å². The van der Waals surface area contributed by atoms with E-state index in [1.54, 1.807) is 28.0 Å². The molecule has 0 aliphatic carbocycles. The molecule has 3 aliphatic heterocycles. The molecule has 1 aromatic carbocycles. The number of rotatable bonds is 2. The van der Waals surface area contributed by atoms with Crippen LogP contribution in [0.15, 0.2) is 18.2 Å². The van der Waals surface area contributed by atoms with Crippen LogP contribution in [-0.2, 0) is 25.5 Å². The first-order valence-electron chi connectivity index (χ1n) is 8.21. The lowest BCUT2D eigenvalue weighted by molar-refractivity contribution is -0.187. The molecule has 2 saturated heterocycles. The van der Waals surface area contributed by atoms with Crippen LogP contribution >= 0.6 is 11.6 Å². The molecule has 7 heteroatoms. The number of anilines is 1. The van der Waals surface area contributed by atoms with Crippen LogP contribution in [0.2, 0.25) is 5.02 Å². The van der Waals surface area contributed by atoms with E-state index >= 15 is 0 Å². The molecular formula is C17H19ClN2O4. The van der Waals surface area contributed by atoms with E-state index in [9.17, 15) is 9.59 Å². The number of piperidine rings is 1. The summed E-state index contributed by atoms with van der Waals surface area (Å²) in [6.45, 7) is 2.50. The summed E-state index contributed by atoms with van der Waals surface area (Å²) in [5.74, 6) is -0.598. The minimum atomic E-state index is -0.496. The Morgan fingerprint density at radius 1 is 1.21 bits per heavy atom. The summed E-state index contributed by atoms with van der Waals surface area (Å²) in [6.07, 6.45) is 1.66. The maximum Gasteiger partial charge on any atom is 0.242 e. The van der Waals surface area contributed by atoms with Crippen molar-refractivity contribution < 1.29 is 19.1 Å². The highest BCUT2D eigenvalue weighted by molar-refractivity contribution is 6.31. The molecule has 3 aliphatic rings. The summed E-state index contributed by atoms with van der Waals surface area (Å²) >= 11 is 5.98. The predicted molar refractivity (Wildman–Crippen MR) is 88.0 cm³/mol. The van der Waals surface area contributed by atoms with Crippen molar-refractivity contribution in [3.8, 4) is 0 Å². The van der Waals surface area contributed by atoms with Crippen molar-refractivity contribution >= 4 is 29.1 Å². The third kappa shape index (κ3) is 2.79. The molecule has 2 amide bonds. The molecule has 24 heavy (non-hydrogen) atoms. The van der Waals surface area contributed by atoms with Crippen molar-refractivity contribution in [1.29, 1.82) is 0 Å². The van der Waals surface area contributed by atoms with Gasteiger partial charge in [0, 0.05) is 36.6 Å². The van der Waals surface area contributed by atoms with Gasteiger partial charge in [0.1, 0.15) is 6.54 Å². The summed E-state index contributed by atoms with van der Waals surface area (Å²) in [5.41, 5.74) is 1.67. The Balaban J connectivity index is 1.41. The van der Waals surface area contributed by atoms with Gasteiger partial charge in [0.25, 0.3) is 0 Å². The highest BCUT2D eigenvalue weighted by atomic mass is 35.5. The normalized spacial score (nSPS) is 22.3. The molecule has 0 unspecified atom stereocenters. The van der Waals surface area contributed by atoms with E-state index in [2.05, 4.69) is 0 Å². The van der Waals surface area contributed by atoms with E-state index in [0.29, 0.717) is 50.6 Å². The minimum Gasteiger partial charge on any atom is -0.347 e. The number of fused-ring (bicyclic) bond motifs is 1. The lowest BCUT2D eigenvalue weighted by atomic mass is 10.0. The van der Waals surface area contributed by atoms with Crippen molar-refractivity contribution in [2.24, 2.45) is 0 Å². The molecule has 3 heterocycles. The number of carbonyl (C=O) groups is 2. The number of likely N-dealkylation sites (tertiary alicyclic amines) is 1. The van der Waals surface area contributed by atoms with Crippen LogP contribution in [-0.4, -0.2) is 55.3 Å². The molecule has 0 bridgehead atoms. The van der Waals surface area contributed by atoms with Gasteiger partial charge in [-0.3, -0.25) is 9.59 Å². The van der Waals surface area contributed by atoms with Gasteiger partial charge < -0.3 is 19.3 Å². The number of halogens is 1. The third-order valence-electron chi connectivity index (χ3n) is 4.96. The molecule has 2 fully saturated rings. The van der Waals surface area contributed by atoms with Gasteiger partial charge in [-0.15, -0.1) is 0 Å². The Morgan fingerprint density at radius 3 is 2.62 bits per heavy atom. The number of nitrogens with zero attached hydrogens (tertiary/aromatic N) is 2. The van der Waals surface area contributed by atoms with E-state index in [4.69, 9.17) is 21.1 Å². The molecule has 128 valence electrons. The fourth-order valence-corrected chi connectivity index (χ4v) is 3.84. The molecule has 0 atom stereocenters. The maximum atomic E-state index is 12.6. The van der Waals surface area contributed by atoms with Crippen LogP contribution in [0.4, 0.5) is 5.69 Å². The number of amides is 2. The van der Waals surface area contributed by atoms with Crippen molar-refractivity contribution in [2.45, 2.75) is 25.0 Å². The van der Waals surface area contributed by atoms with Crippen LogP contribution in [0.25, 0.3) is 0 Å². The van der Waals surface area contributed by atoms with Crippen LogP contribution in [0.5, 0.6) is 0 Å².